The maximum absolute atomic E-state index is 12.4. The Balaban J connectivity index is 1.62. The van der Waals surface area contributed by atoms with Gasteiger partial charge in [-0.1, -0.05) is 55.5 Å². The summed E-state index contributed by atoms with van der Waals surface area (Å²) in [5, 5.41) is 13.7. The summed E-state index contributed by atoms with van der Waals surface area (Å²) in [4.78, 5) is 35.9. The molecule has 0 saturated carbocycles. The molecule has 0 fully saturated rings. The smallest absolute Gasteiger partial charge is 0.407 e. The molecule has 0 bridgehead atoms. The highest BCUT2D eigenvalue weighted by molar-refractivity contribution is 7.91. The van der Waals surface area contributed by atoms with Gasteiger partial charge in [-0.15, -0.1) is 0 Å². The van der Waals surface area contributed by atoms with Crippen molar-refractivity contribution in [2.75, 3.05) is 24.7 Å². The zero-order valence-electron chi connectivity index (χ0n) is 18.1. The van der Waals surface area contributed by atoms with E-state index >= 15 is 0 Å². The summed E-state index contributed by atoms with van der Waals surface area (Å²) in [6.45, 7) is 1.32. The quantitative estimate of drug-likeness (QED) is 0.478. The van der Waals surface area contributed by atoms with E-state index in [-0.39, 0.29) is 30.6 Å². The standard InChI is InChI=1S/C23H26N2O7S/c1-2-33(30,31)12-11-24-22(28)20(13-21(26)27)25-23(29)32-14-19-17-9-5-3-7-15(17)16-8-4-6-10-18(16)19/h3-10,19-20H,2,11-14H2,1H3,(H,24,28)(H,25,29)(H,26,27). The lowest BCUT2D eigenvalue weighted by Crippen LogP contribution is -2.49. The number of carboxylic acids is 1. The SMILES string of the molecule is CCS(=O)(=O)CCNC(=O)C(CC(=O)O)NC(=O)OCC1c2ccccc2-c2ccccc21. The van der Waals surface area contributed by atoms with Gasteiger partial charge in [-0.3, -0.25) is 9.59 Å². The van der Waals surface area contributed by atoms with Gasteiger partial charge in [0.2, 0.25) is 5.91 Å². The number of amides is 2. The van der Waals surface area contributed by atoms with Crippen molar-refractivity contribution in [3.8, 4) is 11.1 Å². The van der Waals surface area contributed by atoms with Crippen LogP contribution >= 0.6 is 0 Å². The highest BCUT2D eigenvalue weighted by Crippen LogP contribution is 2.44. The molecule has 0 radical (unpaired) electrons. The summed E-state index contributed by atoms with van der Waals surface area (Å²) in [6.07, 6.45) is -1.60. The van der Waals surface area contributed by atoms with Gasteiger partial charge >= 0.3 is 12.1 Å². The first-order valence-electron chi connectivity index (χ1n) is 10.5. The largest absolute Gasteiger partial charge is 0.481 e. The zero-order valence-corrected chi connectivity index (χ0v) is 18.9. The lowest BCUT2D eigenvalue weighted by Gasteiger charge is -2.18. The minimum Gasteiger partial charge on any atom is -0.481 e. The molecule has 3 rings (SSSR count). The number of hydrogen-bond donors (Lipinski definition) is 3. The molecular weight excluding hydrogens is 448 g/mol. The molecule has 0 aromatic heterocycles. The fraction of sp³-hybridized carbons (Fsp3) is 0.348. The van der Waals surface area contributed by atoms with Crippen LogP contribution in [0.25, 0.3) is 11.1 Å². The van der Waals surface area contributed by atoms with Crippen LogP contribution in [-0.4, -0.2) is 62.2 Å². The van der Waals surface area contributed by atoms with Crippen molar-refractivity contribution in [1.82, 2.24) is 10.6 Å². The number of ether oxygens (including phenoxy) is 1. The maximum atomic E-state index is 12.4. The third kappa shape index (κ3) is 6.10. The van der Waals surface area contributed by atoms with Crippen molar-refractivity contribution >= 4 is 27.8 Å². The molecule has 2 aromatic rings. The normalized spacial score (nSPS) is 13.5. The number of carbonyl (C=O) groups is 3. The topological polar surface area (TPSA) is 139 Å². The van der Waals surface area contributed by atoms with Crippen LogP contribution < -0.4 is 10.6 Å². The summed E-state index contributed by atoms with van der Waals surface area (Å²) in [6, 6.07) is 14.2. The lowest BCUT2D eigenvalue weighted by molar-refractivity contribution is -0.139. The van der Waals surface area contributed by atoms with Crippen LogP contribution in [-0.2, 0) is 24.2 Å². The third-order valence-corrected chi connectivity index (χ3v) is 7.19. The van der Waals surface area contributed by atoms with Gasteiger partial charge in [0, 0.05) is 18.2 Å². The number of carboxylic acid groups (broad SMARTS) is 1. The Morgan fingerprint density at radius 3 is 2.15 bits per heavy atom. The molecule has 0 heterocycles. The van der Waals surface area contributed by atoms with Gasteiger partial charge in [0.15, 0.2) is 9.84 Å². The Kier molecular flexibility index (Phi) is 7.70. The number of rotatable bonds is 10. The minimum atomic E-state index is -3.30. The van der Waals surface area contributed by atoms with E-state index in [4.69, 9.17) is 9.84 Å². The van der Waals surface area contributed by atoms with E-state index in [0.29, 0.717) is 0 Å². The molecular formula is C23H26N2O7S. The number of aliphatic carboxylic acids is 1. The van der Waals surface area contributed by atoms with Crippen LogP contribution in [0.1, 0.15) is 30.4 Å². The van der Waals surface area contributed by atoms with E-state index in [9.17, 15) is 22.8 Å². The first-order valence-corrected chi connectivity index (χ1v) is 12.4. The molecule has 1 unspecified atom stereocenters. The molecule has 1 aliphatic carbocycles. The van der Waals surface area contributed by atoms with Gasteiger partial charge in [-0.05, 0) is 22.3 Å². The number of alkyl carbamates (subject to hydrolysis) is 1. The van der Waals surface area contributed by atoms with Crippen molar-refractivity contribution in [3.63, 3.8) is 0 Å². The van der Waals surface area contributed by atoms with Crippen molar-refractivity contribution < 1.29 is 32.6 Å². The van der Waals surface area contributed by atoms with Gasteiger partial charge in [0.25, 0.3) is 0 Å². The number of nitrogens with one attached hydrogen (secondary N) is 2. The molecule has 0 aliphatic heterocycles. The van der Waals surface area contributed by atoms with Crippen LogP contribution in [0, 0.1) is 0 Å². The van der Waals surface area contributed by atoms with Crippen LogP contribution in [0.3, 0.4) is 0 Å². The average Bonchev–Trinajstić information content (AvgIpc) is 3.10. The van der Waals surface area contributed by atoms with Crippen molar-refractivity contribution in [3.05, 3.63) is 59.7 Å². The molecule has 0 spiro atoms. The number of hydrogen-bond acceptors (Lipinski definition) is 6. The summed E-state index contributed by atoms with van der Waals surface area (Å²) >= 11 is 0. The summed E-state index contributed by atoms with van der Waals surface area (Å²) in [5.74, 6) is -2.62. The highest BCUT2D eigenvalue weighted by atomic mass is 32.2. The lowest BCUT2D eigenvalue weighted by atomic mass is 9.98. The Hall–Kier alpha value is -3.40. The van der Waals surface area contributed by atoms with Crippen molar-refractivity contribution in [1.29, 1.82) is 0 Å². The molecule has 1 atom stereocenters. The zero-order chi connectivity index (χ0) is 24.0. The molecule has 9 nitrogen and oxygen atoms in total. The minimum absolute atomic E-state index is 0.00993. The van der Waals surface area contributed by atoms with Gasteiger partial charge in [-0.25, -0.2) is 13.2 Å². The Morgan fingerprint density at radius 1 is 1.03 bits per heavy atom. The second kappa shape index (κ2) is 10.5. The molecule has 2 aromatic carbocycles. The highest BCUT2D eigenvalue weighted by Gasteiger charge is 2.30. The van der Waals surface area contributed by atoms with Gasteiger partial charge in [-0.2, -0.15) is 0 Å². The molecule has 3 N–H and O–H groups in total. The first kappa shape index (κ1) is 24.2. The molecule has 0 saturated heterocycles. The Bertz CT molecular complexity index is 1100. The fourth-order valence-corrected chi connectivity index (χ4v) is 4.47. The van der Waals surface area contributed by atoms with Crippen LogP contribution in [0.5, 0.6) is 0 Å². The third-order valence-electron chi connectivity index (χ3n) is 5.48. The molecule has 10 heteroatoms. The van der Waals surface area contributed by atoms with Crippen LogP contribution in [0.4, 0.5) is 4.79 Å². The van der Waals surface area contributed by atoms with Gasteiger partial charge in [0.1, 0.15) is 12.6 Å². The van der Waals surface area contributed by atoms with E-state index in [0.717, 1.165) is 22.3 Å². The van der Waals surface area contributed by atoms with E-state index in [1.165, 1.54) is 6.92 Å². The van der Waals surface area contributed by atoms with Gasteiger partial charge in [0.05, 0.1) is 12.2 Å². The number of sulfone groups is 1. The fourth-order valence-electron chi connectivity index (χ4n) is 3.76. The maximum Gasteiger partial charge on any atom is 0.407 e. The second-order valence-corrected chi connectivity index (χ2v) is 10.1. The van der Waals surface area contributed by atoms with E-state index in [1.54, 1.807) is 0 Å². The van der Waals surface area contributed by atoms with Crippen LogP contribution in [0.2, 0.25) is 0 Å². The van der Waals surface area contributed by atoms with Crippen LogP contribution in [0.15, 0.2) is 48.5 Å². The predicted octanol–water partition coefficient (Wildman–Crippen LogP) is 1.92. The van der Waals surface area contributed by atoms with E-state index in [1.807, 2.05) is 48.5 Å². The number of benzene rings is 2. The average molecular weight is 475 g/mol. The Labute approximate surface area is 192 Å². The summed E-state index contributed by atoms with van der Waals surface area (Å²) in [7, 11) is -3.30. The van der Waals surface area contributed by atoms with E-state index < -0.39 is 40.3 Å². The first-order chi connectivity index (χ1) is 15.7. The number of carbonyl (C=O) groups excluding carboxylic acids is 2. The van der Waals surface area contributed by atoms with Crippen molar-refractivity contribution in [2.24, 2.45) is 0 Å². The predicted molar refractivity (Wildman–Crippen MR) is 122 cm³/mol. The summed E-state index contributed by atoms with van der Waals surface area (Å²) in [5.41, 5.74) is 4.16. The monoisotopic (exact) mass is 474 g/mol. The summed E-state index contributed by atoms with van der Waals surface area (Å²) < 4.78 is 28.5. The molecule has 176 valence electrons. The molecule has 1 aliphatic rings. The Morgan fingerprint density at radius 2 is 1.61 bits per heavy atom. The molecule has 2 amide bonds. The number of fused-ring (bicyclic) bond motifs is 3. The molecule has 33 heavy (non-hydrogen) atoms. The van der Waals surface area contributed by atoms with E-state index in [2.05, 4.69) is 10.6 Å². The second-order valence-electron chi connectivity index (χ2n) is 7.65. The van der Waals surface area contributed by atoms with Crippen molar-refractivity contribution in [2.45, 2.75) is 25.3 Å². The van der Waals surface area contributed by atoms with Gasteiger partial charge < -0.3 is 20.5 Å².